The van der Waals surface area contributed by atoms with Gasteiger partial charge in [0.25, 0.3) is 0 Å². The number of nitrogens with zero attached hydrogens (tertiary/aromatic N) is 1. The van der Waals surface area contributed by atoms with E-state index in [4.69, 9.17) is 14.3 Å². The minimum absolute atomic E-state index is 0.0297. The smallest absolute Gasteiger partial charge is 0.160 e. The summed E-state index contributed by atoms with van der Waals surface area (Å²) in [6.07, 6.45) is 1.60. The predicted octanol–water partition coefficient (Wildman–Crippen LogP) is 4.59. The van der Waals surface area contributed by atoms with Gasteiger partial charge in [0.2, 0.25) is 0 Å². The Balaban J connectivity index is 1.52. The van der Waals surface area contributed by atoms with Gasteiger partial charge in [-0.1, -0.05) is 53.7 Å². The van der Waals surface area contributed by atoms with Gasteiger partial charge < -0.3 is 14.3 Å². The fraction of sp³-hybridized carbons (Fsp3) is 0.227. The number of hydrogen-bond donors (Lipinski definition) is 0. The van der Waals surface area contributed by atoms with Crippen molar-refractivity contribution in [2.24, 2.45) is 5.16 Å². The van der Waals surface area contributed by atoms with Crippen LogP contribution in [0.2, 0.25) is 0 Å². The highest BCUT2D eigenvalue weighted by atomic mass is 16.6. The Morgan fingerprint density at radius 1 is 0.962 bits per heavy atom. The SMILES string of the molecule is COc1ccc(CC2CC(c3cccc4ccccc34)=NO2)cc1OC. The molecule has 1 atom stereocenters. The highest BCUT2D eigenvalue weighted by Gasteiger charge is 2.24. The van der Waals surface area contributed by atoms with E-state index in [2.05, 4.69) is 47.6 Å². The zero-order chi connectivity index (χ0) is 17.9. The monoisotopic (exact) mass is 347 g/mol. The number of oxime groups is 1. The van der Waals surface area contributed by atoms with Crippen LogP contribution in [0.25, 0.3) is 10.8 Å². The molecular formula is C22H21NO3. The van der Waals surface area contributed by atoms with Crippen molar-refractivity contribution in [3.63, 3.8) is 0 Å². The fourth-order valence-corrected chi connectivity index (χ4v) is 3.44. The zero-order valence-electron chi connectivity index (χ0n) is 14.9. The molecule has 4 heteroatoms. The average molecular weight is 347 g/mol. The third-order valence-corrected chi connectivity index (χ3v) is 4.74. The largest absolute Gasteiger partial charge is 0.493 e. The summed E-state index contributed by atoms with van der Waals surface area (Å²) < 4.78 is 10.7. The minimum atomic E-state index is 0.0297. The summed E-state index contributed by atoms with van der Waals surface area (Å²) >= 11 is 0. The van der Waals surface area contributed by atoms with Gasteiger partial charge in [-0.15, -0.1) is 0 Å². The second-order valence-corrected chi connectivity index (χ2v) is 6.39. The first-order valence-electron chi connectivity index (χ1n) is 8.70. The molecule has 1 aliphatic heterocycles. The first kappa shape index (κ1) is 16.5. The van der Waals surface area contributed by atoms with Crippen molar-refractivity contribution >= 4 is 16.5 Å². The maximum Gasteiger partial charge on any atom is 0.160 e. The fourth-order valence-electron chi connectivity index (χ4n) is 3.44. The van der Waals surface area contributed by atoms with E-state index in [-0.39, 0.29) is 6.10 Å². The average Bonchev–Trinajstić information content (AvgIpc) is 3.15. The lowest BCUT2D eigenvalue weighted by molar-refractivity contribution is 0.0859. The molecule has 26 heavy (non-hydrogen) atoms. The third kappa shape index (κ3) is 3.10. The van der Waals surface area contributed by atoms with Gasteiger partial charge >= 0.3 is 0 Å². The molecule has 1 heterocycles. The summed E-state index contributed by atoms with van der Waals surface area (Å²) in [7, 11) is 3.29. The van der Waals surface area contributed by atoms with E-state index in [1.54, 1.807) is 14.2 Å². The summed E-state index contributed by atoms with van der Waals surface area (Å²) in [6.45, 7) is 0. The molecule has 1 aliphatic rings. The Morgan fingerprint density at radius 3 is 2.62 bits per heavy atom. The molecule has 0 amide bonds. The molecule has 132 valence electrons. The minimum Gasteiger partial charge on any atom is -0.493 e. The van der Waals surface area contributed by atoms with Crippen LogP contribution >= 0.6 is 0 Å². The van der Waals surface area contributed by atoms with Gasteiger partial charge in [0.05, 0.1) is 19.9 Å². The molecule has 0 aliphatic carbocycles. The standard InChI is InChI=1S/C22H21NO3/c1-24-21-11-10-15(13-22(21)25-2)12-17-14-20(23-26-17)19-9-5-7-16-6-3-4-8-18(16)19/h3-11,13,17H,12,14H2,1-2H3. The zero-order valence-corrected chi connectivity index (χ0v) is 14.9. The maximum atomic E-state index is 5.72. The van der Waals surface area contributed by atoms with E-state index in [1.807, 2.05) is 18.2 Å². The second kappa shape index (κ2) is 7.08. The van der Waals surface area contributed by atoms with Gasteiger partial charge in [0, 0.05) is 18.4 Å². The van der Waals surface area contributed by atoms with Crippen LogP contribution in [-0.2, 0) is 11.3 Å². The Bertz CT molecular complexity index is 959. The lowest BCUT2D eigenvalue weighted by Crippen LogP contribution is -2.12. The number of rotatable bonds is 5. The topological polar surface area (TPSA) is 40.0 Å². The van der Waals surface area contributed by atoms with Gasteiger partial charge in [-0.05, 0) is 28.5 Å². The van der Waals surface area contributed by atoms with Crippen molar-refractivity contribution in [2.75, 3.05) is 14.2 Å². The van der Waals surface area contributed by atoms with Crippen LogP contribution in [0.15, 0.2) is 65.8 Å². The van der Waals surface area contributed by atoms with Crippen LogP contribution in [0.5, 0.6) is 11.5 Å². The molecular weight excluding hydrogens is 326 g/mol. The van der Waals surface area contributed by atoms with Crippen LogP contribution in [0, 0.1) is 0 Å². The Morgan fingerprint density at radius 2 is 1.77 bits per heavy atom. The highest BCUT2D eigenvalue weighted by Crippen LogP contribution is 2.30. The molecule has 3 aromatic carbocycles. The van der Waals surface area contributed by atoms with Crippen LogP contribution in [0.1, 0.15) is 17.5 Å². The summed E-state index contributed by atoms with van der Waals surface area (Å²) in [5, 5.41) is 6.80. The molecule has 0 aromatic heterocycles. The van der Waals surface area contributed by atoms with Crippen LogP contribution in [-0.4, -0.2) is 26.0 Å². The lowest BCUT2D eigenvalue weighted by atomic mass is 9.96. The van der Waals surface area contributed by atoms with E-state index >= 15 is 0 Å². The number of ether oxygens (including phenoxy) is 2. The number of methoxy groups -OCH3 is 2. The first-order valence-corrected chi connectivity index (χ1v) is 8.70. The molecule has 0 saturated heterocycles. The molecule has 1 unspecified atom stereocenters. The van der Waals surface area contributed by atoms with Crippen LogP contribution in [0.4, 0.5) is 0 Å². The van der Waals surface area contributed by atoms with Crippen molar-refractivity contribution in [3.05, 3.63) is 71.8 Å². The number of hydrogen-bond acceptors (Lipinski definition) is 4. The number of benzene rings is 3. The van der Waals surface area contributed by atoms with E-state index in [1.165, 1.54) is 10.8 Å². The quantitative estimate of drug-likeness (QED) is 0.677. The van der Waals surface area contributed by atoms with Crippen LogP contribution < -0.4 is 9.47 Å². The first-order chi connectivity index (χ1) is 12.8. The molecule has 0 bridgehead atoms. The van der Waals surface area contributed by atoms with Crippen molar-refractivity contribution in [3.8, 4) is 11.5 Å². The predicted molar refractivity (Wildman–Crippen MR) is 103 cm³/mol. The van der Waals surface area contributed by atoms with E-state index in [9.17, 15) is 0 Å². The van der Waals surface area contributed by atoms with Gasteiger partial charge in [-0.25, -0.2) is 0 Å². The molecule has 4 nitrogen and oxygen atoms in total. The lowest BCUT2D eigenvalue weighted by Gasteiger charge is -2.12. The summed E-state index contributed by atoms with van der Waals surface area (Å²) in [4.78, 5) is 5.72. The highest BCUT2D eigenvalue weighted by molar-refractivity contribution is 6.11. The van der Waals surface area contributed by atoms with Gasteiger partial charge in [-0.2, -0.15) is 0 Å². The van der Waals surface area contributed by atoms with Crippen molar-refractivity contribution in [1.82, 2.24) is 0 Å². The summed E-state index contributed by atoms with van der Waals surface area (Å²) in [6, 6.07) is 20.6. The van der Waals surface area contributed by atoms with Gasteiger partial charge in [-0.3, -0.25) is 0 Å². The third-order valence-electron chi connectivity index (χ3n) is 4.74. The van der Waals surface area contributed by atoms with Crippen molar-refractivity contribution < 1.29 is 14.3 Å². The summed E-state index contributed by atoms with van der Waals surface area (Å²) in [5.74, 6) is 1.47. The molecule has 0 N–H and O–H groups in total. The molecule has 0 fully saturated rings. The van der Waals surface area contributed by atoms with Crippen molar-refractivity contribution in [2.45, 2.75) is 18.9 Å². The maximum absolute atomic E-state index is 5.72. The van der Waals surface area contributed by atoms with E-state index in [0.29, 0.717) is 0 Å². The Labute approximate surface area is 153 Å². The van der Waals surface area contributed by atoms with Gasteiger partial charge in [0.1, 0.15) is 6.10 Å². The van der Waals surface area contributed by atoms with Gasteiger partial charge in [0.15, 0.2) is 11.5 Å². The van der Waals surface area contributed by atoms with E-state index in [0.717, 1.165) is 41.2 Å². The Kier molecular flexibility index (Phi) is 4.48. The second-order valence-electron chi connectivity index (χ2n) is 6.39. The number of fused-ring (bicyclic) bond motifs is 1. The molecule has 3 aromatic rings. The Hall–Kier alpha value is -3.01. The molecule has 0 radical (unpaired) electrons. The summed E-state index contributed by atoms with van der Waals surface area (Å²) in [5.41, 5.74) is 3.30. The molecule has 0 spiro atoms. The van der Waals surface area contributed by atoms with E-state index < -0.39 is 0 Å². The van der Waals surface area contributed by atoms with Crippen molar-refractivity contribution in [1.29, 1.82) is 0 Å². The molecule has 0 saturated carbocycles. The van der Waals surface area contributed by atoms with Crippen LogP contribution in [0.3, 0.4) is 0 Å². The molecule has 4 rings (SSSR count). The normalized spacial score (nSPS) is 16.2.